The summed E-state index contributed by atoms with van der Waals surface area (Å²) in [5, 5.41) is 4.74. The van der Waals surface area contributed by atoms with Gasteiger partial charge in [-0.1, -0.05) is 13.3 Å². The Morgan fingerprint density at radius 3 is 2.53 bits per heavy atom. The summed E-state index contributed by atoms with van der Waals surface area (Å²) >= 11 is 1.88. The normalized spacial score (nSPS) is 18.9. The summed E-state index contributed by atoms with van der Waals surface area (Å²) in [6.07, 6.45) is 3.79. The van der Waals surface area contributed by atoms with Gasteiger partial charge in [-0.25, -0.2) is 4.98 Å². The van der Waals surface area contributed by atoms with Crippen LogP contribution < -0.4 is 5.32 Å². The van der Waals surface area contributed by atoms with Gasteiger partial charge in [-0.2, -0.15) is 0 Å². The first-order valence-electron chi connectivity index (χ1n) is 5.79. The maximum absolute atomic E-state index is 4.65. The Kier molecular flexibility index (Phi) is 3.12. The van der Waals surface area contributed by atoms with Gasteiger partial charge in [0.05, 0.1) is 10.7 Å². The first-order chi connectivity index (χ1) is 7.15. The highest BCUT2D eigenvalue weighted by Gasteiger charge is 2.36. The Morgan fingerprint density at radius 1 is 1.40 bits per heavy atom. The minimum Gasteiger partial charge on any atom is -0.316 e. The molecule has 15 heavy (non-hydrogen) atoms. The standard InChI is InChI=1S/C12H20N2S/c1-4-5-12(7-13-8-12)6-11-14-9(2)10(3)15-11/h13H,4-8H2,1-3H3. The van der Waals surface area contributed by atoms with Crippen molar-refractivity contribution in [2.45, 2.75) is 40.0 Å². The summed E-state index contributed by atoms with van der Waals surface area (Å²) < 4.78 is 0. The van der Waals surface area contributed by atoms with Gasteiger partial charge in [0.2, 0.25) is 0 Å². The lowest BCUT2D eigenvalue weighted by Gasteiger charge is -2.42. The highest BCUT2D eigenvalue weighted by Crippen LogP contribution is 2.34. The molecule has 2 heterocycles. The van der Waals surface area contributed by atoms with Crippen LogP contribution in [0.1, 0.15) is 35.3 Å². The second kappa shape index (κ2) is 4.22. The SMILES string of the molecule is CCCC1(Cc2nc(C)c(C)s2)CNC1. The maximum Gasteiger partial charge on any atom is 0.0937 e. The molecule has 1 fully saturated rings. The van der Waals surface area contributed by atoms with Gasteiger partial charge in [-0.05, 0) is 20.3 Å². The Hall–Kier alpha value is -0.410. The molecule has 0 spiro atoms. The zero-order valence-corrected chi connectivity index (χ0v) is 10.7. The first-order valence-corrected chi connectivity index (χ1v) is 6.60. The van der Waals surface area contributed by atoms with E-state index in [2.05, 4.69) is 31.1 Å². The van der Waals surface area contributed by atoms with Crippen LogP contribution in [0.2, 0.25) is 0 Å². The molecule has 3 heteroatoms. The van der Waals surface area contributed by atoms with Gasteiger partial charge in [-0.3, -0.25) is 0 Å². The summed E-state index contributed by atoms with van der Waals surface area (Å²) in [6, 6.07) is 0. The smallest absolute Gasteiger partial charge is 0.0937 e. The van der Waals surface area contributed by atoms with E-state index in [1.807, 2.05) is 11.3 Å². The lowest BCUT2D eigenvalue weighted by atomic mass is 9.75. The number of aryl methyl sites for hydroxylation is 2. The van der Waals surface area contributed by atoms with E-state index in [9.17, 15) is 0 Å². The second-order valence-electron chi connectivity index (χ2n) is 4.78. The van der Waals surface area contributed by atoms with E-state index < -0.39 is 0 Å². The van der Waals surface area contributed by atoms with Crippen LogP contribution in [0.15, 0.2) is 0 Å². The highest BCUT2D eigenvalue weighted by molar-refractivity contribution is 7.11. The lowest BCUT2D eigenvalue weighted by Crippen LogP contribution is -2.54. The number of nitrogens with zero attached hydrogens (tertiary/aromatic N) is 1. The van der Waals surface area contributed by atoms with Crippen molar-refractivity contribution in [3.8, 4) is 0 Å². The predicted molar refractivity (Wildman–Crippen MR) is 65.5 cm³/mol. The average Bonchev–Trinajstić information content (AvgIpc) is 2.42. The van der Waals surface area contributed by atoms with Crippen LogP contribution >= 0.6 is 11.3 Å². The molecule has 0 atom stereocenters. The fraction of sp³-hybridized carbons (Fsp3) is 0.750. The Bertz CT molecular complexity index is 320. The maximum atomic E-state index is 4.65. The Morgan fingerprint density at radius 2 is 2.13 bits per heavy atom. The van der Waals surface area contributed by atoms with Gasteiger partial charge in [0.15, 0.2) is 0 Å². The van der Waals surface area contributed by atoms with Gasteiger partial charge in [0, 0.05) is 29.8 Å². The van der Waals surface area contributed by atoms with Gasteiger partial charge in [0.25, 0.3) is 0 Å². The molecule has 0 saturated carbocycles. The molecule has 0 amide bonds. The van der Waals surface area contributed by atoms with E-state index in [1.54, 1.807) is 0 Å². The third-order valence-electron chi connectivity index (χ3n) is 3.38. The predicted octanol–water partition coefficient (Wildman–Crippen LogP) is 2.69. The van der Waals surface area contributed by atoms with Crippen molar-refractivity contribution in [2.24, 2.45) is 5.41 Å². The molecule has 0 unspecified atom stereocenters. The fourth-order valence-corrected chi connectivity index (χ4v) is 3.44. The zero-order valence-electron chi connectivity index (χ0n) is 9.89. The zero-order chi connectivity index (χ0) is 10.9. The van der Waals surface area contributed by atoms with Crippen LogP contribution in [0, 0.1) is 19.3 Å². The summed E-state index contributed by atoms with van der Waals surface area (Å²) in [5.74, 6) is 0. The van der Waals surface area contributed by atoms with Crippen molar-refractivity contribution in [1.82, 2.24) is 10.3 Å². The third-order valence-corrected chi connectivity index (χ3v) is 4.45. The van der Waals surface area contributed by atoms with Crippen LogP contribution in [0.4, 0.5) is 0 Å². The van der Waals surface area contributed by atoms with Crippen LogP contribution in [0.25, 0.3) is 0 Å². The average molecular weight is 224 g/mol. The Balaban J connectivity index is 2.06. The number of thiazole rings is 1. The van der Waals surface area contributed by atoms with Crippen molar-refractivity contribution in [3.05, 3.63) is 15.6 Å². The molecule has 0 aromatic carbocycles. The molecule has 1 aromatic rings. The van der Waals surface area contributed by atoms with Crippen LogP contribution in [-0.4, -0.2) is 18.1 Å². The quantitative estimate of drug-likeness (QED) is 0.850. The lowest BCUT2D eigenvalue weighted by molar-refractivity contribution is 0.150. The van der Waals surface area contributed by atoms with Gasteiger partial charge in [0.1, 0.15) is 0 Å². The first kappa shape index (κ1) is 11.1. The monoisotopic (exact) mass is 224 g/mol. The van der Waals surface area contributed by atoms with E-state index >= 15 is 0 Å². The minimum absolute atomic E-state index is 0.519. The van der Waals surface area contributed by atoms with Gasteiger partial charge in [-0.15, -0.1) is 11.3 Å². The number of nitrogens with one attached hydrogen (secondary N) is 1. The van der Waals surface area contributed by atoms with Crippen molar-refractivity contribution in [1.29, 1.82) is 0 Å². The highest BCUT2D eigenvalue weighted by atomic mass is 32.1. The third kappa shape index (κ3) is 2.23. The molecule has 1 aliphatic heterocycles. The molecule has 84 valence electrons. The van der Waals surface area contributed by atoms with Crippen molar-refractivity contribution >= 4 is 11.3 Å². The second-order valence-corrected chi connectivity index (χ2v) is 6.07. The van der Waals surface area contributed by atoms with E-state index in [0.29, 0.717) is 5.41 Å². The molecule has 1 saturated heterocycles. The summed E-state index contributed by atoms with van der Waals surface area (Å²) in [4.78, 5) is 6.03. The van der Waals surface area contributed by atoms with Crippen molar-refractivity contribution in [3.63, 3.8) is 0 Å². The van der Waals surface area contributed by atoms with Crippen LogP contribution in [0.3, 0.4) is 0 Å². The van der Waals surface area contributed by atoms with E-state index in [4.69, 9.17) is 0 Å². The molecule has 2 rings (SSSR count). The van der Waals surface area contributed by atoms with E-state index in [-0.39, 0.29) is 0 Å². The molecular formula is C12H20N2S. The summed E-state index contributed by atoms with van der Waals surface area (Å²) in [6.45, 7) is 8.91. The van der Waals surface area contributed by atoms with Crippen molar-refractivity contribution in [2.75, 3.05) is 13.1 Å². The number of aromatic nitrogens is 1. The number of hydrogen-bond acceptors (Lipinski definition) is 3. The van der Waals surface area contributed by atoms with E-state index in [1.165, 1.54) is 47.9 Å². The van der Waals surface area contributed by atoms with Crippen molar-refractivity contribution < 1.29 is 0 Å². The minimum atomic E-state index is 0.519. The molecular weight excluding hydrogens is 204 g/mol. The number of hydrogen-bond donors (Lipinski definition) is 1. The molecule has 2 nitrogen and oxygen atoms in total. The molecule has 1 aliphatic rings. The summed E-state index contributed by atoms with van der Waals surface area (Å²) in [7, 11) is 0. The molecule has 0 radical (unpaired) electrons. The van der Waals surface area contributed by atoms with Crippen LogP contribution in [-0.2, 0) is 6.42 Å². The molecule has 1 N–H and O–H groups in total. The fourth-order valence-electron chi connectivity index (χ4n) is 2.33. The Labute approximate surface area is 96.1 Å². The molecule has 0 bridgehead atoms. The van der Waals surface area contributed by atoms with Gasteiger partial charge < -0.3 is 5.32 Å². The van der Waals surface area contributed by atoms with E-state index in [0.717, 1.165) is 0 Å². The largest absolute Gasteiger partial charge is 0.316 e. The van der Waals surface area contributed by atoms with Gasteiger partial charge >= 0.3 is 0 Å². The topological polar surface area (TPSA) is 24.9 Å². The number of rotatable bonds is 4. The summed E-state index contributed by atoms with van der Waals surface area (Å²) in [5.41, 5.74) is 1.74. The molecule has 0 aliphatic carbocycles. The molecule has 1 aromatic heterocycles. The van der Waals surface area contributed by atoms with Crippen LogP contribution in [0.5, 0.6) is 0 Å².